The van der Waals surface area contributed by atoms with E-state index in [1.165, 1.54) is 6.39 Å². The summed E-state index contributed by atoms with van der Waals surface area (Å²) in [5.74, 6) is 2.21. The number of oxazole rings is 1. The summed E-state index contributed by atoms with van der Waals surface area (Å²) in [6, 6.07) is 0. The Balaban J connectivity index is 1.53. The van der Waals surface area contributed by atoms with Crippen molar-refractivity contribution in [2.45, 2.75) is 37.5 Å². The highest BCUT2D eigenvalue weighted by molar-refractivity contribution is 5.92. The van der Waals surface area contributed by atoms with Gasteiger partial charge in [0.25, 0.3) is 5.91 Å². The molecule has 0 aromatic carbocycles. The van der Waals surface area contributed by atoms with Gasteiger partial charge in [0.1, 0.15) is 5.82 Å². The van der Waals surface area contributed by atoms with Crippen LogP contribution in [0, 0.1) is 0 Å². The summed E-state index contributed by atoms with van der Waals surface area (Å²) >= 11 is 0. The Hall–Kier alpha value is -2.11. The maximum Gasteiger partial charge on any atom is 0.291 e. The average molecular weight is 300 g/mol. The summed E-state index contributed by atoms with van der Waals surface area (Å²) in [6.07, 6.45) is 9.47. The zero-order chi connectivity index (χ0) is 15.1. The first-order valence-corrected chi connectivity index (χ1v) is 7.94. The van der Waals surface area contributed by atoms with Crippen LogP contribution in [-0.2, 0) is 7.05 Å². The van der Waals surface area contributed by atoms with Crippen molar-refractivity contribution in [1.29, 1.82) is 0 Å². The number of nitrogens with zero attached hydrogens (tertiary/aromatic N) is 4. The highest BCUT2D eigenvalue weighted by Crippen LogP contribution is 2.41. The standard InChI is InChI=1S/C16H20N4O2/c1-19-8-6-17-15(19)12-3-2-7-20(9-12)16(21)14-13(11-4-5-11)18-10-22-14/h6,8,10-12H,2-5,7,9H2,1H3. The molecule has 1 saturated heterocycles. The lowest BCUT2D eigenvalue weighted by molar-refractivity contribution is 0.0669. The fraction of sp³-hybridized carbons (Fsp3) is 0.562. The van der Waals surface area contributed by atoms with Crippen molar-refractivity contribution in [3.05, 3.63) is 36.1 Å². The molecule has 22 heavy (non-hydrogen) atoms. The summed E-state index contributed by atoms with van der Waals surface area (Å²) in [6.45, 7) is 1.49. The molecule has 3 heterocycles. The second-order valence-electron chi connectivity index (χ2n) is 6.33. The molecule has 2 aromatic rings. The van der Waals surface area contributed by atoms with Gasteiger partial charge in [-0.2, -0.15) is 0 Å². The first-order valence-electron chi connectivity index (χ1n) is 7.94. The molecule has 6 heteroatoms. The number of aromatic nitrogens is 3. The largest absolute Gasteiger partial charge is 0.438 e. The van der Waals surface area contributed by atoms with Crippen molar-refractivity contribution < 1.29 is 9.21 Å². The third kappa shape index (κ3) is 2.32. The van der Waals surface area contributed by atoms with Crippen molar-refractivity contribution in [2.24, 2.45) is 7.05 Å². The van der Waals surface area contributed by atoms with E-state index in [2.05, 4.69) is 9.97 Å². The van der Waals surface area contributed by atoms with Crippen LogP contribution in [0.1, 0.15) is 59.6 Å². The molecule has 2 aromatic heterocycles. The monoisotopic (exact) mass is 300 g/mol. The number of imidazole rings is 1. The van der Waals surface area contributed by atoms with E-state index in [0.29, 0.717) is 24.1 Å². The minimum Gasteiger partial charge on any atom is -0.438 e. The van der Waals surface area contributed by atoms with E-state index in [1.54, 1.807) is 0 Å². The second kappa shape index (κ2) is 5.26. The predicted molar refractivity (Wildman–Crippen MR) is 79.6 cm³/mol. The van der Waals surface area contributed by atoms with Crippen LogP contribution in [0.4, 0.5) is 0 Å². The molecule has 116 valence electrons. The van der Waals surface area contributed by atoms with Gasteiger partial charge < -0.3 is 13.9 Å². The third-order valence-corrected chi connectivity index (χ3v) is 4.69. The van der Waals surface area contributed by atoms with Gasteiger partial charge in [-0.1, -0.05) is 0 Å². The summed E-state index contributed by atoms with van der Waals surface area (Å²) in [5.41, 5.74) is 0.851. The van der Waals surface area contributed by atoms with Crippen molar-refractivity contribution in [1.82, 2.24) is 19.4 Å². The lowest BCUT2D eigenvalue weighted by Gasteiger charge is -2.32. The number of hydrogen-bond acceptors (Lipinski definition) is 4. The van der Waals surface area contributed by atoms with Gasteiger partial charge in [0.05, 0.1) is 5.69 Å². The van der Waals surface area contributed by atoms with Gasteiger partial charge in [0.15, 0.2) is 6.39 Å². The van der Waals surface area contributed by atoms with Crippen LogP contribution >= 0.6 is 0 Å². The molecule has 4 rings (SSSR count). The van der Waals surface area contributed by atoms with E-state index in [1.807, 2.05) is 28.9 Å². The number of carbonyl (C=O) groups excluding carboxylic acids is 1. The van der Waals surface area contributed by atoms with Crippen LogP contribution in [0.3, 0.4) is 0 Å². The molecule has 1 amide bonds. The summed E-state index contributed by atoms with van der Waals surface area (Å²) in [4.78, 5) is 23.4. The molecular formula is C16H20N4O2. The van der Waals surface area contributed by atoms with Crippen LogP contribution in [0.25, 0.3) is 0 Å². The molecule has 6 nitrogen and oxygen atoms in total. The first-order chi connectivity index (χ1) is 10.7. The summed E-state index contributed by atoms with van der Waals surface area (Å²) in [7, 11) is 2.00. The van der Waals surface area contributed by atoms with E-state index >= 15 is 0 Å². The molecule has 1 saturated carbocycles. The molecule has 0 N–H and O–H groups in total. The van der Waals surface area contributed by atoms with E-state index in [4.69, 9.17) is 4.42 Å². The molecular weight excluding hydrogens is 280 g/mol. The number of carbonyl (C=O) groups is 1. The maximum atomic E-state index is 12.8. The molecule has 1 unspecified atom stereocenters. The number of hydrogen-bond donors (Lipinski definition) is 0. The molecule has 0 radical (unpaired) electrons. The Kier molecular flexibility index (Phi) is 3.24. The van der Waals surface area contributed by atoms with Crippen molar-refractivity contribution in [3.8, 4) is 0 Å². The van der Waals surface area contributed by atoms with Crippen LogP contribution < -0.4 is 0 Å². The number of amides is 1. The quantitative estimate of drug-likeness (QED) is 0.872. The Labute approximate surface area is 129 Å². The number of aryl methyl sites for hydroxylation is 1. The molecule has 2 fully saturated rings. The number of piperidine rings is 1. The van der Waals surface area contributed by atoms with Crippen molar-refractivity contribution >= 4 is 5.91 Å². The SMILES string of the molecule is Cn1ccnc1C1CCCN(C(=O)c2ocnc2C2CC2)C1. The maximum absolute atomic E-state index is 12.8. The van der Waals surface area contributed by atoms with E-state index < -0.39 is 0 Å². The van der Waals surface area contributed by atoms with Gasteiger partial charge in [-0.3, -0.25) is 4.79 Å². The fourth-order valence-corrected chi connectivity index (χ4v) is 3.35. The van der Waals surface area contributed by atoms with Gasteiger partial charge in [0, 0.05) is 44.4 Å². The minimum atomic E-state index is -0.0155. The molecule has 1 atom stereocenters. The zero-order valence-electron chi connectivity index (χ0n) is 12.7. The Morgan fingerprint density at radius 2 is 2.14 bits per heavy atom. The highest BCUT2D eigenvalue weighted by atomic mass is 16.3. The van der Waals surface area contributed by atoms with Crippen LogP contribution in [0.15, 0.2) is 23.2 Å². The molecule has 0 spiro atoms. The normalized spacial score (nSPS) is 22.0. The van der Waals surface area contributed by atoms with Gasteiger partial charge in [-0.05, 0) is 25.7 Å². The van der Waals surface area contributed by atoms with E-state index in [-0.39, 0.29) is 5.91 Å². The molecule has 1 aliphatic carbocycles. The lowest BCUT2D eigenvalue weighted by atomic mass is 9.97. The summed E-state index contributed by atoms with van der Waals surface area (Å²) < 4.78 is 7.45. The van der Waals surface area contributed by atoms with Crippen LogP contribution in [0.2, 0.25) is 0 Å². The molecule has 0 bridgehead atoms. The van der Waals surface area contributed by atoms with Crippen molar-refractivity contribution in [3.63, 3.8) is 0 Å². The lowest BCUT2D eigenvalue weighted by Crippen LogP contribution is -2.39. The Morgan fingerprint density at radius 3 is 2.86 bits per heavy atom. The minimum absolute atomic E-state index is 0.0155. The van der Waals surface area contributed by atoms with Gasteiger partial charge >= 0.3 is 0 Å². The van der Waals surface area contributed by atoms with Crippen molar-refractivity contribution in [2.75, 3.05) is 13.1 Å². The highest BCUT2D eigenvalue weighted by Gasteiger charge is 2.35. The average Bonchev–Trinajstić information content (AvgIpc) is 3.10. The second-order valence-corrected chi connectivity index (χ2v) is 6.33. The van der Waals surface area contributed by atoms with E-state index in [0.717, 1.165) is 43.7 Å². The molecule has 1 aliphatic heterocycles. The van der Waals surface area contributed by atoms with Gasteiger partial charge in [-0.15, -0.1) is 0 Å². The predicted octanol–water partition coefficient (Wildman–Crippen LogP) is 2.31. The number of likely N-dealkylation sites (tertiary alicyclic amines) is 1. The zero-order valence-corrected chi connectivity index (χ0v) is 12.7. The topological polar surface area (TPSA) is 64.2 Å². The Bertz CT molecular complexity index is 686. The van der Waals surface area contributed by atoms with Gasteiger partial charge in [-0.25, -0.2) is 9.97 Å². The van der Waals surface area contributed by atoms with Crippen LogP contribution in [-0.4, -0.2) is 38.4 Å². The van der Waals surface area contributed by atoms with Crippen LogP contribution in [0.5, 0.6) is 0 Å². The summed E-state index contributed by atoms with van der Waals surface area (Å²) in [5, 5.41) is 0. The Morgan fingerprint density at radius 1 is 1.27 bits per heavy atom. The third-order valence-electron chi connectivity index (χ3n) is 4.69. The first kappa shape index (κ1) is 13.5. The fourth-order valence-electron chi connectivity index (χ4n) is 3.35. The van der Waals surface area contributed by atoms with Gasteiger partial charge in [0.2, 0.25) is 5.76 Å². The van der Waals surface area contributed by atoms with E-state index in [9.17, 15) is 4.79 Å². The smallest absolute Gasteiger partial charge is 0.291 e. The molecule has 2 aliphatic rings. The number of rotatable bonds is 3.